The highest BCUT2D eigenvalue weighted by Gasteiger charge is 2.08. The fraction of sp³-hybridized carbons (Fsp3) is 0.286. The molecule has 0 aliphatic heterocycles. The van der Waals surface area contributed by atoms with Crippen molar-refractivity contribution in [2.24, 2.45) is 5.92 Å². The monoisotopic (exact) mass is 258 g/mol. The minimum absolute atomic E-state index is 0.0393. The Kier molecular flexibility index (Phi) is 5.42. The Bertz CT molecular complexity index is 497. The van der Waals surface area contributed by atoms with E-state index in [1.807, 2.05) is 19.9 Å². The molecule has 4 N–H and O–H groups in total. The number of benzene rings is 1. The predicted octanol–water partition coefficient (Wildman–Crippen LogP) is 1.86. The summed E-state index contributed by atoms with van der Waals surface area (Å²) in [5.74, 6) is -0.000111. The van der Waals surface area contributed by atoms with E-state index in [2.05, 4.69) is 10.6 Å². The molecule has 1 rings (SSSR count). The van der Waals surface area contributed by atoms with Crippen LogP contribution in [-0.4, -0.2) is 12.5 Å². The van der Waals surface area contributed by atoms with Crippen LogP contribution in [-0.2, 0) is 4.79 Å². The first-order valence-corrected chi connectivity index (χ1v) is 6.03. The van der Waals surface area contributed by atoms with Crippen molar-refractivity contribution in [1.29, 1.82) is 5.26 Å². The van der Waals surface area contributed by atoms with E-state index in [0.717, 1.165) is 0 Å². The topological polar surface area (TPSA) is 90.9 Å². The maximum absolute atomic E-state index is 11.8. The van der Waals surface area contributed by atoms with Gasteiger partial charge in [0.05, 0.1) is 0 Å². The molecule has 0 aliphatic rings. The van der Waals surface area contributed by atoms with Crippen molar-refractivity contribution in [1.82, 2.24) is 5.32 Å². The average molecular weight is 258 g/mol. The Morgan fingerprint density at radius 1 is 1.42 bits per heavy atom. The number of nitrogens with two attached hydrogens (primary N) is 1. The maximum atomic E-state index is 11.8. The van der Waals surface area contributed by atoms with Crippen LogP contribution in [0.2, 0.25) is 0 Å². The first kappa shape index (κ1) is 14.6. The Morgan fingerprint density at radius 3 is 2.58 bits per heavy atom. The third-order valence-corrected chi connectivity index (χ3v) is 2.31. The minimum Gasteiger partial charge on any atom is -0.399 e. The second-order valence-electron chi connectivity index (χ2n) is 4.55. The maximum Gasteiger partial charge on any atom is 0.267 e. The predicted molar refractivity (Wildman–Crippen MR) is 76.0 cm³/mol. The second kappa shape index (κ2) is 7.07. The molecule has 0 fully saturated rings. The lowest BCUT2D eigenvalue weighted by atomic mass is 10.2. The molecule has 0 atom stereocenters. The molecule has 0 bridgehead atoms. The molecule has 0 aromatic heterocycles. The van der Waals surface area contributed by atoms with Crippen molar-refractivity contribution in [3.05, 3.63) is 36.0 Å². The number of carbonyl (C=O) groups excluding carboxylic acids is 1. The Balaban J connectivity index is 2.64. The van der Waals surface area contributed by atoms with Crippen molar-refractivity contribution < 1.29 is 4.79 Å². The third kappa shape index (κ3) is 5.13. The van der Waals surface area contributed by atoms with Crippen LogP contribution in [0.5, 0.6) is 0 Å². The highest BCUT2D eigenvalue weighted by Crippen LogP contribution is 2.11. The van der Waals surface area contributed by atoms with E-state index in [4.69, 9.17) is 11.0 Å². The fourth-order valence-electron chi connectivity index (χ4n) is 1.31. The van der Waals surface area contributed by atoms with Crippen LogP contribution in [0.1, 0.15) is 13.8 Å². The second-order valence-corrected chi connectivity index (χ2v) is 4.55. The Morgan fingerprint density at radius 2 is 2.05 bits per heavy atom. The summed E-state index contributed by atoms with van der Waals surface area (Å²) in [6.07, 6.45) is 1.44. The molecule has 0 saturated heterocycles. The molecule has 100 valence electrons. The summed E-state index contributed by atoms with van der Waals surface area (Å²) < 4.78 is 0. The van der Waals surface area contributed by atoms with Crippen molar-refractivity contribution >= 4 is 17.3 Å². The zero-order valence-electron chi connectivity index (χ0n) is 11.1. The summed E-state index contributed by atoms with van der Waals surface area (Å²) in [5, 5.41) is 14.5. The van der Waals surface area contributed by atoms with Crippen LogP contribution in [0.15, 0.2) is 36.0 Å². The number of nitriles is 1. The van der Waals surface area contributed by atoms with Gasteiger partial charge in [-0.15, -0.1) is 0 Å². The van der Waals surface area contributed by atoms with Crippen molar-refractivity contribution in [2.45, 2.75) is 13.8 Å². The molecule has 1 amide bonds. The summed E-state index contributed by atoms with van der Waals surface area (Å²) in [5.41, 5.74) is 6.81. The number of anilines is 2. The molecule has 0 saturated carbocycles. The zero-order chi connectivity index (χ0) is 14.3. The van der Waals surface area contributed by atoms with E-state index in [1.54, 1.807) is 24.3 Å². The molecule has 0 aliphatic carbocycles. The van der Waals surface area contributed by atoms with E-state index in [1.165, 1.54) is 6.20 Å². The standard InChI is InChI=1S/C14H18N4O/c1-10(2)8-17-9-11(7-15)14(19)18-13-5-3-12(16)4-6-13/h3-6,9-10,17H,8,16H2,1-2H3,(H,18,19)/b11-9-. The first-order chi connectivity index (χ1) is 9.02. The van der Waals surface area contributed by atoms with Gasteiger partial charge in [-0.1, -0.05) is 13.8 Å². The van der Waals surface area contributed by atoms with Gasteiger partial charge in [0.1, 0.15) is 11.6 Å². The Labute approximate surface area is 113 Å². The largest absolute Gasteiger partial charge is 0.399 e. The highest BCUT2D eigenvalue weighted by molar-refractivity contribution is 6.06. The Hall–Kier alpha value is -2.48. The van der Waals surface area contributed by atoms with Gasteiger partial charge in [-0.05, 0) is 30.2 Å². The lowest BCUT2D eigenvalue weighted by Crippen LogP contribution is -2.19. The molecule has 0 unspecified atom stereocenters. The number of hydrogen-bond acceptors (Lipinski definition) is 4. The van der Waals surface area contributed by atoms with Gasteiger partial charge in [0.15, 0.2) is 0 Å². The van der Waals surface area contributed by atoms with Gasteiger partial charge in [0.2, 0.25) is 0 Å². The summed E-state index contributed by atoms with van der Waals surface area (Å²) >= 11 is 0. The molecular formula is C14H18N4O. The molecule has 5 nitrogen and oxygen atoms in total. The summed E-state index contributed by atoms with van der Waals surface area (Å²) in [6, 6.07) is 8.60. The zero-order valence-corrected chi connectivity index (χ0v) is 11.1. The molecule has 0 heterocycles. The quantitative estimate of drug-likeness (QED) is 0.427. The van der Waals surface area contributed by atoms with Gasteiger partial charge in [-0.25, -0.2) is 0 Å². The average Bonchev–Trinajstić information content (AvgIpc) is 2.37. The number of rotatable bonds is 5. The molecule has 0 radical (unpaired) electrons. The SMILES string of the molecule is CC(C)CN/C=C(/C#N)C(=O)Nc1ccc(N)cc1. The van der Waals surface area contributed by atoms with E-state index in [-0.39, 0.29) is 5.57 Å². The van der Waals surface area contributed by atoms with Crippen LogP contribution < -0.4 is 16.4 Å². The van der Waals surface area contributed by atoms with Crippen LogP contribution >= 0.6 is 0 Å². The van der Waals surface area contributed by atoms with Crippen LogP contribution in [0, 0.1) is 17.2 Å². The van der Waals surface area contributed by atoms with E-state index in [0.29, 0.717) is 23.8 Å². The fourth-order valence-corrected chi connectivity index (χ4v) is 1.31. The van der Waals surface area contributed by atoms with Crippen LogP contribution in [0.4, 0.5) is 11.4 Å². The van der Waals surface area contributed by atoms with Gasteiger partial charge >= 0.3 is 0 Å². The molecular weight excluding hydrogens is 240 g/mol. The van der Waals surface area contributed by atoms with Crippen LogP contribution in [0.25, 0.3) is 0 Å². The van der Waals surface area contributed by atoms with Crippen molar-refractivity contribution in [3.63, 3.8) is 0 Å². The number of nitrogens with zero attached hydrogens (tertiary/aromatic N) is 1. The normalized spacial score (nSPS) is 10.9. The molecule has 19 heavy (non-hydrogen) atoms. The number of carbonyl (C=O) groups is 1. The summed E-state index contributed by atoms with van der Waals surface area (Å²) in [7, 11) is 0. The van der Waals surface area contributed by atoms with Gasteiger partial charge in [0.25, 0.3) is 5.91 Å². The van der Waals surface area contributed by atoms with Crippen molar-refractivity contribution in [2.75, 3.05) is 17.6 Å². The smallest absolute Gasteiger partial charge is 0.267 e. The summed E-state index contributed by atoms with van der Waals surface area (Å²) in [6.45, 7) is 4.79. The molecule has 5 heteroatoms. The minimum atomic E-state index is -0.441. The third-order valence-electron chi connectivity index (χ3n) is 2.31. The van der Waals surface area contributed by atoms with Crippen molar-refractivity contribution in [3.8, 4) is 6.07 Å². The van der Waals surface area contributed by atoms with Gasteiger partial charge in [-0.3, -0.25) is 4.79 Å². The van der Waals surface area contributed by atoms with E-state index in [9.17, 15) is 4.79 Å². The number of nitrogen functional groups attached to an aromatic ring is 1. The number of nitrogens with one attached hydrogen (secondary N) is 2. The number of hydrogen-bond donors (Lipinski definition) is 3. The van der Waals surface area contributed by atoms with Gasteiger partial charge in [0, 0.05) is 24.1 Å². The highest BCUT2D eigenvalue weighted by atomic mass is 16.1. The van der Waals surface area contributed by atoms with Gasteiger partial charge < -0.3 is 16.4 Å². The van der Waals surface area contributed by atoms with E-state index < -0.39 is 5.91 Å². The molecule has 1 aromatic carbocycles. The van der Waals surface area contributed by atoms with Crippen LogP contribution in [0.3, 0.4) is 0 Å². The lowest BCUT2D eigenvalue weighted by molar-refractivity contribution is -0.112. The number of amides is 1. The molecule has 1 aromatic rings. The first-order valence-electron chi connectivity index (χ1n) is 6.03. The molecule has 0 spiro atoms. The summed E-state index contributed by atoms with van der Waals surface area (Å²) in [4.78, 5) is 11.8. The van der Waals surface area contributed by atoms with E-state index >= 15 is 0 Å². The van der Waals surface area contributed by atoms with Gasteiger partial charge in [-0.2, -0.15) is 5.26 Å². The lowest BCUT2D eigenvalue weighted by Gasteiger charge is -2.06.